The van der Waals surface area contributed by atoms with Crippen molar-refractivity contribution < 1.29 is 28.2 Å². The molecule has 6 nitrogen and oxygen atoms in total. The number of halogens is 1. The quantitative estimate of drug-likeness (QED) is 0.818. The third kappa shape index (κ3) is 3.72. The van der Waals surface area contributed by atoms with Gasteiger partial charge in [-0.2, -0.15) is 0 Å². The number of carbonyl (C=O) groups is 2. The molecule has 7 heteroatoms. The van der Waals surface area contributed by atoms with E-state index in [0.29, 0.717) is 30.1 Å². The first-order chi connectivity index (χ1) is 13.1. The van der Waals surface area contributed by atoms with Gasteiger partial charge in [0.1, 0.15) is 11.9 Å². The molecule has 1 N–H and O–H groups in total. The largest absolute Gasteiger partial charge is 0.464 e. The Balaban J connectivity index is 1.44. The van der Waals surface area contributed by atoms with Crippen LogP contribution in [0.2, 0.25) is 0 Å². The summed E-state index contributed by atoms with van der Waals surface area (Å²) in [7, 11) is 0. The van der Waals surface area contributed by atoms with Gasteiger partial charge >= 0.3 is 5.97 Å². The Hall–Kier alpha value is -3.09. The molecule has 1 atom stereocenters. The molecule has 0 saturated carbocycles. The van der Waals surface area contributed by atoms with Crippen molar-refractivity contribution in [1.29, 1.82) is 0 Å². The highest BCUT2D eigenvalue weighted by Crippen LogP contribution is 2.36. The number of aryl methyl sites for hydroxylation is 1. The molecule has 1 fully saturated rings. The second-order valence-electron chi connectivity index (χ2n) is 6.45. The zero-order valence-electron chi connectivity index (χ0n) is 14.5. The molecule has 0 aliphatic carbocycles. The Morgan fingerprint density at radius 3 is 2.67 bits per heavy atom. The molecule has 1 amide bonds. The van der Waals surface area contributed by atoms with Crippen LogP contribution in [-0.4, -0.2) is 31.3 Å². The monoisotopic (exact) mass is 371 g/mol. The van der Waals surface area contributed by atoms with Crippen molar-refractivity contribution in [2.24, 2.45) is 0 Å². The molecule has 140 valence electrons. The van der Waals surface area contributed by atoms with E-state index in [1.165, 1.54) is 6.07 Å². The van der Waals surface area contributed by atoms with Crippen LogP contribution >= 0.6 is 0 Å². The summed E-state index contributed by atoms with van der Waals surface area (Å²) < 4.78 is 29.7. The van der Waals surface area contributed by atoms with Gasteiger partial charge in [0.15, 0.2) is 11.5 Å². The summed E-state index contributed by atoms with van der Waals surface area (Å²) >= 11 is 0. The number of benzene rings is 2. The van der Waals surface area contributed by atoms with Gasteiger partial charge in [0.2, 0.25) is 12.7 Å². The van der Waals surface area contributed by atoms with E-state index in [1.807, 2.05) is 18.2 Å². The number of rotatable bonds is 5. The Morgan fingerprint density at radius 1 is 1.07 bits per heavy atom. The van der Waals surface area contributed by atoms with Crippen LogP contribution in [0, 0.1) is 5.82 Å². The molecule has 2 aliphatic rings. The van der Waals surface area contributed by atoms with Gasteiger partial charge < -0.3 is 19.5 Å². The normalized spacial score (nSPS) is 17.7. The number of nitrogens with one attached hydrogen (secondary N) is 1. The summed E-state index contributed by atoms with van der Waals surface area (Å²) in [6.07, 6.45) is 0.793. The molecule has 0 radical (unpaired) electrons. The molecular weight excluding hydrogens is 353 g/mol. The maximum Gasteiger partial charge on any atom is 0.328 e. The van der Waals surface area contributed by atoms with Crippen molar-refractivity contribution >= 4 is 11.9 Å². The molecule has 1 saturated heterocycles. The Morgan fingerprint density at radius 2 is 1.85 bits per heavy atom. The topological polar surface area (TPSA) is 73.9 Å². The van der Waals surface area contributed by atoms with Gasteiger partial charge in [0.25, 0.3) is 0 Å². The van der Waals surface area contributed by atoms with Gasteiger partial charge in [-0.05, 0) is 47.4 Å². The highest BCUT2D eigenvalue weighted by molar-refractivity contribution is 5.85. The zero-order valence-corrected chi connectivity index (χ0v) is 14.5. The van der Waals surface area contributed by atoms with Crippen LogP contribution in [0.3, 0.4) is 0 Å². The van der Waals surface area contributed by atoms with Crippen molar-refractivity contribution in [3.05, 3.63) is 47.8 Å². The Kier molecular flexibility index (Phi) is 4.66. The van der Waals surface area contributed by atoms with Crippen molar-refractivity contribution in [3.8, 4) is 22.6 Å². The van der Waals surface area contributed by atoms with Crippen molar-refractivity contribution in [2.45, 2.75) is 25.3 Å². The number of carbonyl (C=O) groups excluding carboxylic acids is 2. The second kappa shape index (κ2) is 7.26. The van der Waals surface area contributed by atoms with E-state index in [-0.39, 0.29) is 31.4 Å². The van der Waals surface area contributed by atoms with Crippen molar-refractivity contribution in [2.75, 3.05) is 13.4 Å². The summed E-state index contributed by atoms with van der Waals surface area (Å²) in [5.41, 5.74) is 2.14. The minimum atomic E-state index is -0.595. The number of ether oxygens (including phenoxy) is 3. The summed E-state index contributed by atoms with van der Waals surface area (Å²) in [4.78, 5) is 23.4. The first-order valence-corrected chi connectivity index (χ1v) is 8.74. The SMILES string of the molecule is O=C(CCc1cc(-c2ccc3c(c2)OCO3)ccc1F)N[C@@H]1CCOC1=O. The summed E-state index contributed by atoms with van der Waals surface area (Å²) in [5, 5.41) is 2.63. The molecule has 0 bridgehead atoms. The Labute approximate surface area is 155 Å². The number of fused-ring (bicyclic) bond motifs is 1. The molecule has 2 aromatic rings. The van der Waals surface area contributed by atoms with E-state index in [1.54, 1.807) is 12.1 Å². The molecule has 2 aliphatic heterocycles. The summed E-state index contributed by atoms with van der Waals surface area (Å²) in [6, 6.07) is 9.74. The predicted octanol–water partition coefficient (Wildman–Crippen LogP) is 2.59. The molecule has 0 aromatic heterocycles. The van der Waals surface area contributed by atoms with Crippen LogP contribution in [0.4, 0.5) is 4.39 Å². The van der Waals surface area contributed by atoms with Crippen LogP contribution < -0.4 is 14.8 Å². The van der Waals surface area contributed by atoms with Gasteiger partial charge in [-0.1, -0.05) is 12.1 Å². The highest BCUT2D eigenvalue weighted by Gasteiger charge is 2.27. The zero-order chi connectivity index (χ0) is 18.8. The third-order valence-electron chi connectivity index (χ3n) is 4.64. The number of hydrogen-bond acceptors (Lipinski definition) is 5. The summed E-state index contributed by atoms with van der Waals surface area (Å²) in [5.74, 6) is 0.253. The van der Waals surface area contributed by atoms with Gasteiger partial charge in [0, 0.05) is 12.8 Å². The lowest BCUT2D eigenvalue weighted by Gasteiger charge is -2.10. The fourth-order valence-electron chi connectivity index (χ4n) is 3.16. The van der Waals surface area contributed by atoms with E-state index in [4.69, 9.17) is 14.2 Å². The average molecular weight is 371 g/mol. The second-order valence-corrected chi connectivity index (χ2v) is 6.45. The lowest BCUT2D eigenvalue weighted by atomic mass is 10.00. The van der Waals surface area contributed by atoms with Crippen LogP contribution in [0.15, 0.2) is 36.4 Å². The first kappa shape index (κ1) is 17.3. The minimum Gasteiger partial charge on any atom is -0.464 e. The lowest BCUT2D eigenvalue weighted by Crippen LogP contribution is -2.38. The molecule has 2 heterocycles. The summed E-state index contributed by atoms with van der Waals surface area (Å²) in [6.45, 7) is 0.507. The smallest absolute Gasteiger partial charge is 0.328 e. The van der Waals surface area contributed by atoms with E-state index in [0.717, 1.165) is 11.1 Å². The predicted molar refractivity (Wildman–Crippen MR) is 93.8 cm³/mol. The first-order valence-electron chi connectivity index (χ1n) is 8.74. The van der Waals surface area contributed by atoms with Crippen LogP contribution in [0.5, 0.6) is 11.5 Å². The molecule has 2 aromatic carbocycles. The van der Waals surface area contributed by atoms with E-state index >= 15 is 0 Å². The highest BCUT2D eigenvalue weighted by atomic mass is 19.1. The molecule has 0 unspecified atom stereocenters. The molecule has 27 heavy (non-hydrogen) atoms. The van der Waals surface area contributed by atoms with E-state index < -0.39 is 12.0 Å². The minimum absolute atomic E-state index is 0.0886. The van der Waals surface area contributed by atoms with Crippen molar-refractivity contribution in [1.82, 2.24) is 5.32 Å². The maximum absolute atomic E-state index is 14.2. The van der Waals surface area contributed by atoms with E-state index in [9.17, 15) is 14.0 Å². The fourth-order valence-corrected chi connectivity index (χ4v) is 3.16. The average Bonchev–Trinajstić information content (AvgIpc) is 3.29. The number of cyclic esters (lactones) is 1. The maximum atomic E-state index is 14.2. The lowest BCUT2D eigenvalue weighted by molar-refractivity contribution is -0.141. The van der Waals surface area contributed by atoms with Crippen molar-refractivity contribution in [3.63, 3.8) is 0 Å². The molecule has 0 spiro atoms. The van der Waals surface area contributed by atoms with Gasteiger partial charge in [0.05, 0.1) is 6.61 Å². The fraction of sp³-hybridized carbons (Fsp3) is 0.300. The van der Waals surface area contributed by atoms with Gasteiger partial charge in [-0.25, -0.2) is 9.18 Å². The molecule has 4 rings (SSSR count). The van der Waals surface area contributed by atoms with Crippen LogP contribution in [0.25, 0.3) is 11.1 Å². The third-order valence-corrected chi connectivity index (χ3v) is 4.64. The standard InChI is InChI=1S/C20H18FNO5/c21-15-4-1-12(13-2-5-17-18(10-13)27-11-26-17)9-14(15)3-6-19(23)22-16-7-8-25-20(16)24/h1-2,4-5,9-10,16H,3,6-8,11H2,(H,22,23)/t16-/m1/s1. The number of esters is 1. The number of hydrogen-bond donors (Lipinski definition) is 1. The van der Waals surface area contributed by atoms with Crippen LogP contribution in [-0.2, 0) is 20.7 Å². The van der Waals surface area contributed by atoms with Crippen LogP contribution in [0.1, 0.15) is 18.4 Å². The van der Waals surface area contributed by atoms with Gasteiger partial charge in [-0.15, -0.1) is 0 Å². The molecular formula is C20H18FNO5. The van der Waals surface area contributed by atoms with Gasteiger partial charge in [-0.3, -0.25) is 4.79 Å². The number of amides is 1. The van der Waals surface area contributed by atoms with E-state index in [2.05, 4.69) is 5.32 Å². The Bertz CT molecular complexity index is 898.